The Morgan fingerprint density at radius 1 is 1.11 bits per heavy atom. The summed E-state index contributed by atoms with van der Waals surface area (Å²) in [5.41, 5.74) is 4.95. The first kappa shape index (κ1) is 24.9. The molecule has 0 bridgehead atoms. The second-order valence-corrected chi connectivity index (χ2v) is 10.7. The second-order valence-electron chi connectivity index (χ2n) is 8.55. The Morgan fingerprint density at radius 3 is 2.60 bits per heavy atom. The van der Waals surface area contributed by atoms with Crippen LogP contribution in [0.15, 0.2) is 54.6 Å². The molecule has 3 aromatic rings. The zero-order valence-corrected chi connectivity index (χ0v) is 21.2. The van der Waals surface area contributed by atoms with Crippen molar-refractivity contribution < 1.29 is 14.1 Å². The second kappa shape index (κ2) is 11.0. The van der Waals surface area contributed by atoms with Gasteiger partial charge in [-0.2, -0.15) is 5.26 Å². The van der Waals surface area contributed by atoms with Gasteiger partial charge in [-0.05, 0) is 73.0 Å². The van der Waals surface area contributed by atoms with Gasteiger partial charge in [-0.25, -0.2) is 0 Å². The highest BCUT2D eigenvalue weighted by atomic mass is 35.5. The van der Waals surface area contributed by atoms with Gasteiger partial charge in [0.25, 0.3) is 0 Å². The molecule has 0 atom stereocenters. The molecule has 0 spiro atoms. The lowest BCUT2D eigenvalue weighted by Gasteiger charge is -2.30. The molecule has 8 heteroatoms. The van der Waals surface area contributed by atoms with E-state index in [1.165, 1.54) is 0 Å². The Morgan fingerprint density at radius 2 is 1.89 bits per heavy atom. The van der Waals surface area contributed by atoms with Crippen LogP contribution >= 0.6 is 11.6 Å². The predicted molar refractivity (Wildman–Crippen MR) is 141 cm³/mol. The third-order valence-electron chi connectivity index (χ3n) is 5.87. The van der Waals surface area contributed by atoms with Gasteiger partial charge in [-0.1, -0.05) is 34.9 Å². The number of aryl methyl sites for hydroxylation is 2. The topological polar surface area (TPSA) is 88.4 Å². The molecular weight excluding hydrogens is 482 g/mol. The van der Waals surface area contributed by atoms with Gasteiger partial charge in [0.2, 0.25) is 5.91 Å². The molecule has 1 fully saturated rings. The number of amides is 1. The first-order valence-corrected chi connectivity index (χ1v) is 13.2. The van der Waals surface area contributed by atoms with Crippen LogP contribution in [0.2, 0.25) is 5.02 Å². The van der Waals surface area contributed by atoms with Crippen molar-refractivity contribution in [1.82, 2.24) is 0 Å². The molecule has 0 unspecified atom stereocenters. The van der Waals surface area contributed by atoms with Crippen LogP contribution in [0.4, 0.5) is 11.4 Å². The van der Waals surface area contributed by atoms with Crippen molar-refractivity contribution in [2.45, 2.75) is 20.3 Å². The number of nitriles is 1. The van der Waals surface area contributed by atoms with E-state index in [1.54, 1.807) is 18.2 Å². The van der Waals surface area contributed by atoms with Crippen molar-refractivity contribution in [2.75, 3.05) is 34.8 Å². The van der Waals surface area contributed by atoms with Crippen molar-refractivity contribution in [3.8, 4) is 17.6 Å². The van der Waals surface area contributed by atoms with Crippen LogP contribution in [0.25, 0.3) is 0 Å². The molecule has 1 aliphatic heterocycles. The van der Waals surface area contributed by atoms with Gasteiger partial charge in [0.15, 0.2) is 0 Å². The Kier molecular flexibility index (Phi) is 7.86. The largest absolute Gasteiger partial charge is 0.616 e. The van der Waals surface area contributed by atoms with E-state index in [2.05, 4.69) is 22.4 Å². The highest BCUT2D eigenvalue weighted by molar-refractivity contribution is 7.91. The zero-order chi connectivity index (χ0) is 24.9. The molecule has 1 saturated heterocycles. The molecular formula is C27H26ClN3O3S. The van der Waals surface area contributed by atoms with Crippen LogP contribution in [-0.4, -0.2) is 35.1 Å². The Hall–Kier alpha value is -3.18. The molecule has 0 saturated carbocycles. The van der Waals surface area contributed by atoms with Crippen molar-refractivity contribution in [2.24, 2.45) is 0 Å². The number of anilines is 2. The number of carbonyl (C=O) groups excluding carboxylic acids is 1. The normalized spacial score (nSPS) is 13.9. The summed E-state index contributed by atoms with van der Waals surface area (Å²) in [7, 11) is 0. The van der Waals surface area contributed by atoms with Crippen molar-refractivity contribution in [1.29, 1.82) is 5.26 Å². The summed E-state index contributed by atoms with van der Waals surface area (Å²) in [5.74, 6) is 2.32. The fourth-order valence-corrected chi connectivity index (χ4v) is 5.22. The standard InChI is InChI=1S/C27H26ClN3O3S/c1-18-3-4-20(14-26(18)34-24-13-21(17-29)12-22(28)16-24)15-27(32)30-25-6-5-23(11-19(25)2)31-7-9-35(33)10-8-31/h3-6,11-14,16H,7-10,15H2,1-2H3,(H,30,32). The summed E-state index contributed by atoms with van der Waals surface area (Å²) in [5, 5.41) is 12.6. The van der Waals surface area contributed by atoms with Crippen LogP contribution in [0.5, 0.6) is 11.5 Å². The molecule has 0 aromatic heterocycles. The summed E-state index contributed by atoms with van der Waals surface area (Å²) in [6.45, 7) is 5.45. The number of rotatable bonds is 6. The van der Waals surface area contributed by atoms with Gasteiger partial charge in [0.05, 0.1) is 31.1 Å². The molecule has 1 N–H and O–H groups in total. The maximum Gasteiger partial charge on any atom is 0.228 e. The van der Waals surface area contributed by atoms with Crippen molar-refractivity contribution in [3.63, 3.8) is 0 Å². The smallest absolute Gasteiger partial charge is 0.228 e. The number of hydrogen-bond acceptors (Lipinski definition) is 5. The van der Waals surface area contributed by atoms with Crippen LogP contribution in [0, 0.1) is 25.2 Å². The fraction of sp³-hybridized carbons (Fsp3) is 0.259. The number of ether oxygens (including phenoxy) is 1. The van der Waals surface area contributed by atoms with E-state index >= 15 is 0 Å². The van der Waals surface area contributed by atoms with Gasteiger partial charge in [-0.3, -0.25) is 4.79 Å². The van der Waals surface area contributed by atoms with E-state index in [0.29, 0.717) is 33.6 Å². The van der Waals surface area contributed by atoms with E-state index in [-0.39, 0.29) is 12.3 Å². The molecule has 35 heavy (non-hydrogen) atoms. The minimum absolute atomic E-state index is 0.126. The van der Waals surface area contributed by atoms with E-state index < -0.39 is 11.2 Å². The highest BCUT2D eigenvalue weighted by Gasteiger charge is 2.20. The summed E-state index contributed by atoms with van der Waals surface area (Å²) >= 11 is 5.37. The molecule has 3 aromatic carbocycles. The van der Waals surface area contributed by atoms with Gasteiger partial charge >= 0.3 is 0 Å². The number of nitrogens with one attached hydrogen (secondary N) is 1. The third kappa shape index (κ3) is 6.49. The number of halogens is 1. The lowest BCUT2D eigenvalue weighted by Crippen LogP contribution is -2.40. The summed E-state index contributed by atoms with van der Waals surface area (Å²) in [4.78, 5) is 15.0. The average Bonchev–Trinajstić information content (AvgIpc) is 2.82. The lowest BCUT2D eigenvalue weighted by atomic mass is 10.1. The number of nitrogens with zero attached hydrogens (tertiary/aromatic N) is 2. The average molecular weight is 508 g/mol. The van der Waals surface area contributed by atoms with Gasteiger partial charge in [0, 0.05) is 16.4 Å². The van der Waals surface area contributed by atoms with Crippen LogP contribution in [0.3, 0.4) is 0 Å². The van der Waals surface area contributed by atoms with Crippen molar-refractivity contribution >= 4 is 40.1 Å². The molecule has 1 heterocycles. The molecule has 1 aliphatic rings. The minimum atomic E-state index is -0.716. The predicted octanol–water partition coefficient (Wildman–Crippen LogP) is 5.37. The molecule has 0 radical (unpaired) electrons. The Labute approximate surface area is 213 Å². The van der Waals surface area contributed by atoms with Gasteiger partial charge in [0.1, 0.15) is 23.0 Å². The molecule has 0 aliphatic carbocycles. The first-order valence-electron chi connectivity index (χ1n) is 11.3. The zero-order valence-electron chi connectivity index (χ0n) is 19.6. The van der Waals surface area contributed by atoms with Crippen LogP contribution < -0.4 is 15.0 Å². The molecule has 1 amide bonds. The first-order chi connectivity index (χ1) is 16.8. The number of hydrogen-bond donors (Lipinski definition) is 1. The van der Waals surface area contributed by atoms with E-state index in [1.807, 2.05) is 44.2 Å². The highest BCUT2D eigenvalue weighted by Crippen LogP contribution is 2.30. The van der Waals surface area contributed by atoms with E-state index in [4.69, 9.17) is 21.6 Å². The number of carbonyl (C=O) groups is 1. The van der Waals surface area contributed by atoms with Gasteiger partial charge < -0.3 is 19.5 Å². The van der Waals surface area contributed by atoms with Crippen molar-refractivity contribution in [3.05, 3.63) is 81.9 Å². The maximum absolute atomic E-state index is 12.8. The third-order valence-corrected chi connectivity index (χ3v) is 7.37. The molecule has 180 valence electrons. The van der Waals surface area contributed by atoms with E-state index in [0.717, 1.165) is 41.2 Å². The monoisotopic (exact) mass is 507 g/mol. The summed E-state index contributed by atoms with van der Waals surface area (Å²) in [6.07, 6.45) is 0.189. The fourth-order valence-electron chi connectivity index (χ4n) is 3.94. The SMILES string of the molecule is Cc1cc(N2CC[S+]([O-])CC2)ccc1NC(=O)Cc1ccc(C)c(Oc2cc(Cl)cc(C#N)c2)c1. The summed E-state index contributed by atoms with van der Waals surface area (Å²) in [6, 6.07) is 18.5. The molecule has 4 rings (SSSR count). The number of benzene rings is 3. The maximum atomic E-state index is 12.8. The summed E-state index contributed by atoms with van der Waals surface area (Å²) < 4.78 is 17.6. The minimum Gasteiger partial charge on any atom is -0.616 e. The lowest BCUT2D eigenvalue weighted by molar-refractivity contribution is -0.115. The molecule has 6 nitrogen and oxygen atoms in total. The quantitative estimate of drug-likeness (QED) is 0.453. The Balaban J connectivity index is 1.42. The van der Waals surface area contributed by atoms with E-state index in [9.17, 15) is 9.35 Å². The van der Waals surface area contributed by atoms with Gasteiger partial charge in [-0.15, -0.1) is 0 Å². The Bertz CT molecular complexity index is 1280. The van der Waals surface area contributed by atoms with Crippen LogP contribution in [-0.2, 0) is 22.4 Å². The van der Waals surface area contributed by atoms with Crippen LogP contribution in [0.1, 0.15) is 22.3 Å².